The Balaban J connectivity index is 2.55. The van der Waals surface area contributed by atoms with E-state index in [1.165, 1.54) is 6.42 Å². The first-order valence-corrected chi connectivity index (χ1v) is 6.18. The molecule has 0 radical (unpaired) electrons. The molecule has 16 heavy (non-hydrogen) atoms. The molecule has 1 aromatic heterocycles. The molecule has 0 amide bonds. The van der Waals surface area contributed by atoms with Crippen molar-refractivity contribution in [3.8, 4) is 0 Å². The maximum absolute atomic E-state index is 6.13. The van der Waals surface area contributed by atoms with Crippen LogP contribution in [-0.2, 0) is 6.42 Å². The van der Waals surface area contributed by atoms with E-state index < -0.39 is 0 Å². The van der Waals surface area contributed by atoms with E-state index in [0.717, 1.165) is 18.7 Å². The first-order valence-electron chi connectivity index (χ1n) is 6.18. The van der Waals surface area contributed by atoms with E-state index in [2.05, 4.69) is 37.8 Å². The second-order valence-corrected chi connectivity index (χ2v) is 4.93. The van der Waals surface area contributed by atoms with E-state index in [9.17, 15) is 0 Å². The molecule has 2 N–H and O–H groups in total. The van der Waals surface area contributed by atoms with Gasteiger partial charge in [-0.2, -0.15) is 5.10 Å². The van der Waals surface area contributed by atoms with E-state index in [1.54, 1.807) is 6.33 Å². The SMILES string of the molecule is CCC(C)CC(N)Cc1ncnn1C(C)C. The predicted molar refractivity (Wildman–Crippen MR) is 66.2 cm³/mol. The number of hydrogen-bond acceptors (Lipinski definition) is 3. The van der Waals surface area contributed by atoms with Crippen LogP contribution in [0.25, 0.3) is 0 Å². The smallest absolute Gasteiger partial charge is 0.138 e. The van der Waals surface area contributed by atoms with Crippen molar-refractivity contribution in [2.75, 3.05) is 0 Å². The van der Waals surface area contributed by atoms with E-state index >= 15 is 0 Å². The summed E-state index contributed by atoms with van der Waals surface area (Å²) in [5, 5.41) is 4.22. The molecule has 4 nitrogen and oxygen atoms in total. The van der Waals surface area contributed by atoms with E-state index in [-0.39, 0.29) is 6.04 Å². The quantitative estimate of drug-likeness (QED) is 0.805. The van der Waals surface area contributed by atoms with Crippen molar-refractivity contribution in [1.82, 2.24) is 14.8 Å². The maximum Gasteiger partial charge on any atom is 0.138 e. The highest BCUT2D eigenvalue weighted by molar-refractivity contribution is 4.90. The van der Waals surface area contributed by atoms with Gasteiger partial charge in [0.25, 0.3) is 0 Å². The van der Waals surface area contributed by atoms with Crippen LogP contribution in [0.3, 0.4) is 0 Å². The molecule has 4 heteroatoms. The van der Waals surface area contributed by atoms with Crippen molar-refractivity contribution in [3.63, 3.8) is 0 Å². The zero-order valence-electron chi connectivity index (χ0n) is 10.8. The average molecular weight is 224 g/mol. The summed E-state index contributed by atoms with van der Waals surface area (Å²) in [4.78, 5) is 4.28. The minimum absolute atomic E-state index is 0.191. The van der Waals surface area contributed by atoms with Gasteiger partial charge in [-0.05, 0) is 26.2 Å². The Hall–Kier alpha value is -0.900. The van der Waals surface area contributed by atoms with Crippen LogP contribution in [0.4, 0.5) is 0 Å². The summed E-state index contributed by atoms with van der Waals surface area (Å²) in [6, 6.07) is 0.546. The van der Waals surface area contributed by atoms with Gasteiger partial charge in [0.15, 0.2) is 0 Å². The van der Waals surface area contributed by atoms with Gasteiger partial charge in [0.1, 0.15) is 12.2 Å². The maximum atomic E-state index is 6.13. The van der Waals surface area contributed by atoms with Crippen molar-refractivity contribution in [1.29, 1.82) is 0 Å². The standard InChI is InChI=1S/C12H24N4/c1-5-10(4)6-11(13)7-12-14-8-15-16(12)9(2)3/h8-11H,5-7,13H2,1-4H3. The first kappa shape index (κ1) is 13.2. The summed E-state index contributed by atoms with van der Waals surface area (Å²) in [5.41, 5.74) is 6.13. The van der Waals surface area contributed by atoms with Gasteiger partial charge in [-0.1, -0.05) is 20.3 Å². The minimum atomic E-state index is 0.191. The molecule has 2 unspecified atom stereocenters. The number of nitrogens with two attached hydrogens (primary N) is 1. The number of nitrogens with zero attached hydrogens (tertiary/aromatic N) is 3. The van der Waals surface area contributed by atoms with Crippen molar-refractivity contribution >= 4 is 0 Å². The van der Waals surface area contributed by atoms with Crippen LogP contribution in [0, 0.1) is 5.92 Å². The largest absolute Gasteiger partial charge is 0.327 e. The van der Waals surface area contributed by atoms with Gasteiger partial charge < -0.3 is 5.73 Å². The molecule has 1 aromatic rings. The van der Waals surface area contributed by atoms with Crippen LogP contribution in [0.5, 0.6) is 0 Å². The summed E-state index contributed by atoms with van der Waals surface area (Å²) < 4.78 is 1.95. The molecule has 0 aromatic carbocycles. The fourth-order valence-electron chi connectivity index (χ4n) is 1.85. The van der Waals surface area contributed by atoms with Gasteiger partial charge in [-0.25, -0.2) is 9.67 Å². The van der Waals surface area contributed by atoms with E-state index in [1.807, 2.05) is 4.68 Å². The molecule has 0 bridgehead atoms. The minimum Gasteiger partial charge on any atom is -0.327 e. The lowest BCUT2D eigenvalue weighted by Crippen LogP contribution is -2.27. The summed E-state index contributed by atoms with van der Waals surface area (Å²) in [7, 11) is 0. The van der Waals surface area contributed by atoms with Gasteiger partial charge in [-0.15, -0.1) is 0 Å². The van der Waals surface area contributed by atoms with Crippen molar-refractivity contribution in [2.45, 2.75) is 59.0 Å². The van der Waals surface area contributed by atoms with Crippen LogP contribution in [0.15, 0.2) is 6.33 Å². The summed E-state index contributed by atoms with van der Waals surface area (Å²) >= 11 is 0. The van der Waals surface area contributed by atoms with Gasteiger partial charge in [-0.3, -0.25) is 0 Å². The third kappa shape index (κ3) is 3.59. The van der Waals surface area contributed by atoms with Gasteiger partial charge >= 0.3 is 0 Å². The van der Waals surface area contributed by atoms with E-state index in [0.29, 0.717) is 12.0 Å². The molecule has 0 saturated heterocycles. The first-order chi connectivity index (χ1) is 7.54. The monoisotopic (exact) mass is 224 g/mol. The molecule has 0 aliphatic heterocycles. The number of aromatic nitrogens is 3. The van der Waals surface area contributed by atoms with Crippen LogP contribution >= 0.6 is 0 Å². The van der Waals surface area contributed by atoms with Crippen molar-refractivity contribution in [2.24, 2.45) is 11.7 Å². The van der Waals surface area contributed by atoms with Crippen molar-refractivity contribution in [3.05, 3.63) is 12.2 Å². The van der Waals surface area contributed by atoms with Crippen LogP contribution in [-0.4, -0.2) is 20.8 Å². The molecule has 0 aliphatic carbocycles. The second-order valence-electron chi connectivity index (χ2n) is 4.93. The molecule has 0 spiro atoms. The molecule has 1 rings (SSSR count). The molecular formula is C12H24N4. The Morgan fingerprint density at radius 1 is 1.38 bits per heavy atom. The number of rotatable bonds is 6. The highest BCUT2D eigenvalue weighted by Crippen LogP contribution is 2.13. The Labute approximate surface area is 98.2 Å². The van der Waals surface area contributed by atoms with Gasteiger partial charge in [0.2, 0.25) is 0 Å². The van der Waals surface area contributed by atoms with Crippen LogP contribution in [0.2, 0.25) is 0 Å². The van der Waals surface area contributed by atoms with Crippen LogP contribution in [0.1, 0.15) is 52.4 Å². The van der Waals surface area contributed by atoms with Crippen molar-refractivity contribution < 1.29 is 0 Å². The van der Waals surface area contributed by atoms with Gasteiger partial charge in [0.05, 0.1) is 0 Å². The molecule has 0 fully saturated rings. The summed E-state index contributed by atoms with van der Waals surface area (Å²) in [6.45, 7) is 8.66. The lowest BCUT2D eigenvalue weighted by molar-refractivity contribution is 0.429. The Kier molecular flexibility index (Phi) is 4.93. The third-order valence-electron chi connectivity index (χ3n) is 2.98. The average Bonchev–Trinajstić information content (AvgIpc) is 2.65. The fourth-order valence-corrected chi connectivity index (χ4v) is 1.85. The molecule has 1 heterocycles. The predicted octanol–water partition coefficient (Wildman–Crippen LogP) is 2.17. The molecule has 0 aliphatic rings. The Morgan fingerprint density at radius 2 is 2.06 bits per heavy atom. The Morgan fingerprint density at radius 3 is 2.62 bits per heavy atom. The normalized spacial score (nSPS) is 15.4. The highest BCUT2D eigenvalue weighted by Gasteiger charge is 2.13. The summed E-state index contributed by atoms with van der Waals surface area (Å²) in [5.74, 6) is 1.69. The van der Waals surface area contributed by atoms with Crippen LogP contribution < -0.4 is 5.73 Å². The van der Waals surface area contributed by atoms with Gasteiger partial charge in [0, 0.05) is 18.5 Å². The zero-order valence-corrected chi connectivity index (χ0v) is 10.8. The molecule has 2 atom stereocenters. The second kappa shape index (κ2) is 5.99. The molecular weight excluding hydrogens is 200 g/mol. The highest BCUT2D eigenvalue weighted by atomic mass is 15.3. The van der Waals surface area contributed by atoms with E-state index in [4.69, 9.17) is 5.73 Å². The molecule has 92 valence electrons. The fraction of sp³-hybridized carbons (Fsp3) is 0.833. The lowest BCUT2D eigenvalue weighted by atomic mass is 9.98. The Bertz CT molecular complexity index is 306. The number of hydrogen-bond donors (Lipinski definition) is 1. The third-order valence-corrected chi connectivity index (χ3v) is 2.98. The summed E-state index contributed by atoms with van der Waals surface area (Å²) in [6.07, 6.45) is 4.68. The molecule has 0 saturated carbocycles. The zero-order chi connectivity index (χ0) is 12.1. The lowest BCUT2D eigenvalue weighted by Gasteiger charge is -2.16. The topological polar surface area (TPSA) is 56.7 Å².